The van der Waals surface area contributed by atoms with Crippen LogP contribution in [0.25, 0.3) is 0 Å². The molecule has 0 aliphatic rings. The largest absolute Gasteiger partial charge is 0.269 e. The van der Waals surface area contributed by atoms with E-state index in [2.05, 4.69) is 0 Å². The van der Waals surface area contributed by atoms with Gasteiger partial charge in [-0.15, -0.1) is 0 Å². The molecule has 0 heterocycles. The van der Waals surface area contributed by atoms with Gasteiger partial charge in [-0.2, -0.15) is 0 Å². The molecule has 0 aliphatic heterocycles. The van der Waals surface area contributed by atoms with E-state index in [9.17, 15) is 0 Å². The zero-order valence-corrected chi connectivity index (χ0v) is 3.63. The lowest BCUT2D eigenvalue weighted by atomic mass is 11.0. The maximum Gasteiger partial charge on any atom is -0.0683 e. The highest BCUT2D eigenvalue weighted by molar-refractivity contribution is 3.50. The van der Waals surface area contributed by atoms with Gasteiger partial charge >= 0.3 is 0 Å². The minimum Gasteiger partial charge on any atom is -0.269 e. The fraction of sp³-hybridized carbons (Fsp3) is 1.00. The molecule has 6 heavy (non-hydrogen) atoms. The van der Waals surface area contributed by atoms with E-state index in [1.165, 1.54) is 0 Å². The summed E-state index contributed by atoms with van der Waals surface area (Å²) in [6.45, 7) is 4.00. The smallest absolute Gasteiger partial charge is 0.0683 e. The van der Waals surface area contributed by atoms with Crippen LogP contribution >= 0.6 is 0 Å². The number of halogens is 4. The Labute approximate surface area is 34.0 Å². The van der Waals surface area contributed by atoms with Crippen molar-refractivity contribution in [1.82, 2.24) is 0 Å². The van der Waals surface area contributed by atoms with Gasteiger partial charge in [0.25, 0.3) is 0 Å². The van der Waals surface area contributed by atoms with Gasteiger partial charge in [0, 0.05) is 0 Å². The summed E-state index contributed by atoms with van der Waals surface area (Å²) in [5.41, 5.74) is 0. The lowest BCUT2D eigenvalue weighted by molar-refractivity contribution is 1.11. The first kappa shape index (κ1) is 246. The Morgan fingerprint density at radius 3 is 0.500 bits per heavy atom. The minimum absolute atomic E-state index is 0. The lowest BCUT2D eigenvalue weighted by Crippen LogP contribution is -0.856. The highest BCUT2D eigenvalue weighted by atomic mass is 19.0. The first-order chi connectivity index (χ1) is 1.00. The summed E-state index contributed by atoms with van der Waals surface area (Å²) < 4.78 is 0. The predicted molar refractivity (Wildman–Crippen MR) is 21.4 cm³/mol. The van der Waals surface area contributed by atoms with Gasteiger partial charge in [-0.1, -0.05) is 13.8 Å². The molecule has 0 N–H and O–H groups in total. The van der Waals surface area contributed by atoms with E-state index >= 15 is 0 Å². The molecule has 46 valence electrons. The maximum atomic E-state index is 2.00. The molecule has 0 radical (unpaired) electrons. The Bertz CT molecular complexity index is 5.51. The standard InChI is InChI=1S/C2H6.4FH/c1-2;;;;/h1-2H3;4*1H. The summed E-state index contributed by atoms with van der Waals surface area (Å²) >= 11 is 0. The predicted octanol–water partition coefficient (Wildman–Crippen LogP) is 1.64. The quantitative estimate of drug-likeness (QED) is 0.416. The fourth-order valence-electron chi connectivity index (χ4n) is 0. The van der Waals surface area contributed by atoms with E-state index in [0.29, 0.717) is 0 Å². The number of hydrogen-bond donors (Lipinski definition) is 0. The Kier molecular flexibility index (Phi) is 34100. The molecule has 0 aromatic carbocycles. The van der Waals surface area contributed by atoms with E-state index in [1.807, 2.05) is 13.8 Å². The van der Waals surface area contributed by atoms with E-state index < -0.39 is 0 Å². The van der Waals surface area contributed by atoms with Crippen LogP contribution in [0.2, 0.25) is 0 Å². The molecular formula is C2H10F4. The van der Waals surface area contributed by atoms with Gasteiger partial charge in [-0.3, -0.25) is 18.8 Å². The molecule has 0 fully saturated rings. The SMILES string of the molecule is CC.F.F.F.F. The minimum atomic E-state index is 0. The highest BCUT2D eigenvalue weighted by Crippen LogP contribution is 1.14. The third kappa shape index (κ3) is 351. The molecule has 0 nitrogen and oxygen atoms in total. The molecule has 0 aliphatic carbocycles. The summed E-state index contributed by atoms with van der Waals surface area (Å²) in [6, 6.07) is 0. The van der Waals surface area contributed by atoms with Gasteiger partial charge in [-0.25, -0.2) is 0 Å². The summed E-state index contributed by atoms with van der Waals surface area (Å²) in [5, 5.41) is 0. The summed E-state index contributed by atoms with van der Waals surface area (Å²) in [5.74, 6) is 0. The zero-order chi connectivity index (χ0) is 2.00. The van der Waals surface area contributed by atoms with Gasteiger partial charge in [0.05, 0.1) is 0 Å². The van der Waals surface area contributed by atoms with Crippen LogP contribution in [0, 0.1) is 0 Å². The van der Waals surface area contributed by atoms with Crippen molar-refractivity contribution in [2.24, 2.45) is 0 Å². The number of rotatable bonds is 0. The van der Waals surface area contributed by atoms with Crippen LogP contribution in [0.15, 0.2) is 0 Å². The first-order valence-corrected chi connectivity index (χ1v) is 1.00. The summed E-state index contributed by atoms with van der Waals surface area (Å²) in [7, 11) is 0. The molecule has 0 amide bonds. The Balaban J connectivity index is -0.000000000833. The molecule has 0 atom stereocenters. The van der Waals surface area contributed by atoms with Crippen LogP contribution in [0.4, 0.5) is 18.8 Å². The first-order valence-electron chi connectivity index (χ1n) is 1.00. The topological polar surface area (TPSA) is 0 Å². The van der Waals surface area contributed by atoms with Crippen LogP contribution in [0.5, 0.6) is 0 Å². The molecule has 4 heteroatoms. The van der Waals surface area contributed by atoms with Crippen molar-refractivity contribution in [2.75, 3.05) is 0 Å². The average molecular weight is 110 g/mol. The fourth-order valence-corrected chi connectivity index (χ4v) is 0. The molecule has 0 rings (SSSR count). The summed E-state index contributed by atoms with van der Waals surface area (Å²) in [6.07, 6.45) is 0. The molecule has 0 spiro atoms. The van der Waals surface area contributed by atoms with Crippen molar-refractivity contribution in [3.8, 4) is 0 Å². The molecule has 0 aromatic heterocycles. The highest BCUT2D eigenvalue weighted by Gasteiger charge is 0.932. The van der Waals surface area contributed by atoms with Crippen molar-refractivity contribution in [1.29, 1.82) is 0 Å². The Morgan fingerprint density at radius 1 is 0.500 bits per heavy atom. The molecule has 0 saturated heterocycles. The molecule has 0 aromatic rings. The van der Waals surface area contributed by atoms with Crippen LogP contribution < -0.4 is 0 Å². The van der Waals surface area contributed by atoms with Crippen molar-refractivity contribution < 1.29 is 18.8 Å². The van der Waals surface area contributed by atoms with Crippen molar-refractivity contribution in [3.63, 3.8) is 0 Å². The summed E-state index contributed by atoms with van der Waals surface area (Å²) in [4.78, 5) is 0. The third-order valence-corrected chi connectivity index (χ3v) is 0. The molecule has 0 unspecified atom stereocenters. The van der Waals surface area contributed by atoms with E-state index in [4.69, 9.17) is 0 Å². The second-order valence-electron chi connectivity index (χ2n) is 0. The zero-order valence-electron chi connectivity index (χ0n) is 3.63. The van der Waals surface area contributed by atoms with Crippen LogP contribution in [0.1, 0.15) is 13.8 Å². The van der Waals surface area contributed by atoms with E-state index in [1.54, 1.807) is 0 Å². The molecule has 0 bridgehead atoms. The lowest BCUT2D eigenvalue weighted by Gasteiger charge is -1.07. The van der Waals surface area contributed by atoms with Gasteiger partial charge in [0.15, 0.2) is 0 Å². The van der Waals surface area contributed by atoms with E-state index in [0.717, 1.165) is 0 Å². The maximum absolute atomic E-state index is 2.00. The van der Waals surface area contributed by atoms with Gasteiger partial charge < -0.3 is 0 Å². The molecular weight excluding hydrogens is 100 g/mol. The van der Waals surface area contributed by atoms with Crippen LogP contribution in [-0.4, -0.2) is 0 Å². The van der Waals surface area contributed by atoms with Gasteiger partial charge in [0.1, 0.15) is 0 Å². The monoisotopic (exact) mass is 110 g/mol. The van der Waals surface area contributed by atoms with E-state index in [-0.39, 0.29) is 18.8 Å². The average Bonchev–Trinajstić information content (AvgIpc) is 1.00. The van der Waals surface area contributed by atoms with Crippen molar-refractivity contribution in [3.05, 3.63) is 0 Å². The van der Waals surface area contributed by atoms with Crippen molar-refractivity contribution in [2.45, 2.75) is 13.8 Å². The number of hydrogen-bond acceptors (Lipinski definition) is 0. The molecule has 0 saturated carbocycles. The second kappa shape index (κ2) is 833. The van der Waals surface area contributed by atoms with Gasteiger partial charge in [-0.05, 0) is 0 Å². The second-order valence-corrected chi connectivity index (χ2v) is 0. The Hall–Kier alpha value is -0.280. The Morgan fingerprint density at radius 2 is 0.500 bits per heavy atom. The van der Waals surface area contributed by atoms with Crippen LogP contribution in [0.3, 0.4) is 0 Å². The third-order valence-electron chi connectivity index (χ3n) is 0. The van der Waals surface area contributed by atoms with Crippen molar-refractivity contribution >= 4 is 0 Å². The van der Waals surface area contributed by atoms with Gasteiger partial charge in [0.2, 0.25) is 0 Å². The normalized spacial score (nSPS) is 1.00. The van der Waals surface area contributed by atoms with Crippen LogP contribution in [-0.2, 0) is 0 Å².